The second-order valence-electron chi connectivity index (χ2n) is 5.95. The molecule has 1 aromatic carbocycles. The lowest BCUT2D eigenvalue weighted by molar-refractivity contribution is 0.102. The smallest absolute Gasteiger partial charge is 0.275 e. The minimum atomic E-state index is -0.732. The third-order valence-corrected chi connectivity index (χ3v) is 4.03. The number of carbonyl (C=O) groups is 1. The van der Waals surface area contributed by atoms with Crippen molar-refractivity contribution >= 4 is 11.7 Å². The van der Waals surface area contributed by atoms with E-state index in [1.807, 2.05) is 0 Å². The molecule has 140 valence electrons. The lowest BCUT2D eigenvalue weighted by atomic mass is 10.1. The van der Waals surface area contributed by atoms with Gasteiger partial charge in [0.15, 0.2) is 5.82 Å². The van der Waals surface area contributed by atoms with Gasteiger partial charge in [-0.25, -0.2) is 18.4 Å². The van der Waals surface area contributed by atoms with E-state index in [4.69, 9.17) is 0 Å². The maximum atomic E-state index is 14.0. The Hall–Kier alpha value is -3.88. The van der Waals surface area contributed by atoms with E-state index in [-0.39, 0.29) is 17.0 Å². The van der Waals surface area contributed by atoms with Crippen LogP contribution in [0.4, 0.5) is 14.6 Å². The molecule has 0 aliphatic rings. The summed E-state index contributed by atoms with van der Waals surface area (Å²) in [7, 11) is 1.61. The summed E-state index contributed by atoms with van der Waals surface area (Å²) in [5.74, 6) is -1.02. The quantitative estimate of drug-likeness (QED) is 0.590. The van der Waals surface area contributed by atoms with Gasteiger partial charge in [0.05, 0.1) is 5.69 Å². The summed E-state index contributed by atoms with van der Waals surface area (Å²) in [6.45, 7) is 0. The summed E-state index contributed by atoms with van der Waals surface area (Å²) < 4.78 is 30.0. The lowest BCUT2D eigenvalue weighted by Crippen LogP contribution is -2.16. The van der Waals surface area contributed by atoms with E-state index < -0.39 is 17.5 Å². The SMILES string of the molecule is Cn1nc(-c2ccc(F)cc2F)cc1NC(=O)c1cccc(-n2cccn2)n1. The number of pyridine rings is 1. The molecule has 0 radical (unpaired) electrons. The Morgan fingerprint density at radius 1 is 1.11 bits per heavy atom. The molecule has 28 heavy (non-hydrogen) atoms. The normalized spacial score (nSPS) is 10.8. The topological polar surface area (TPSA) is 77.6 Å². The fourth-order valence-corrected chi connectivity index (χ4v) is 2.68. The Bertz CT molecular complexity index is 1150. The molecule has 3 aromatic heterocycles. The van der Waals surface area contributed by atoms with Crippen LogP contribution < -0.4 is 5.32 Å². The van der Waals surface area contributed by atoms with Gasteiger partial charge in [0.25, 0.3) is 5.91 Å². The average Bonchev–Trinajstić information content (AvgIpc) is 3.32. The summed E-state index contributed by atoms with van der Waals surface area (Å²) in [5.41, 5.74) is 0.591. The molecule has 4 rings (SSSR count). The number of benzene rings is 1. The van der Waals surface area contributed by atoms with Crippen LogP contribution in [0.3, 0.4) is 0 Å². The summed E-state index contributed by atoms with van der Waals surface area (Å²) in [4.78, 5) is 16.9. The highest BCUT2D eigenvalue weighted by Crippen LogP contribution is 2.25. The van der Waals surface area contributed by atoms with Gasteiger partial charge in [-0.1, -0.05) is 6.07 Å². The van der Waals surface area contributed by atoms with Gasteiger partial charge >= 0.3 is 0 Å². The zero-order chi connectivity index (χ0) is 19.7. The largest absolute Gasteiger partial charge is 0.305 e. The molecule has 9 heteroatoms. The highest BCUT2D eigenvalue weighted by molar-refractivity contribution is 6.02. The number of hydrogen-bond donors (Lipinski definition) is 1. The van der Waals surface area contributed by atoms with Gasteiger partial charge in [-0.2, -0.15) is 10.2 Å². The number of halogens is 2. The van der Waals surface area contributed by atoms with Crippen LogP contribution in [0.1, 0.15) is 10.5 Å². The van der Waals surface area contributed by atoms with Crippen molar-refractivity contribution < 1.29 is 13.6 Å². The number of hydrogen-bond acceptors (Lipinski definition) is 4. The molecule has 1 N–H and O–H groups in total. The molecule has 0 aliphatic heterocycles. The Balaban J connectivity index is 1.59. The minimum absolute atomic E-state index is 0.135. The number of aryl methyl sites for hydroxylation is 1. The maximum Gasteiger partial charge on any atom is 0.275 e. The molecule has 7 nitrogen and oxygen atoms in total. The molecular formula is C19H14F2N6O. The molecule has 0 fully saturated rings. The molecule has 0 saturated heterocycles. The van der Waals surface area contributed by atoms with E-state index >= 15 is 0 Å². The predicted molar refractivity (Wildman–Crippen MR) is 97.9 cm³/mol. The third kappa shape index (κ3) is 3.37. The second-order valence-corrected chi connectivity index (χ2v) is 5.95. The Kier molecular flexibility index (Phi) is 4.40. The van der Waals surface area contributed by atoms with Crippen molar-refractivity contribution in [1.29, 1.82) is 0 Å². The number of anilines is 1. The first kappa shape index (κ1) is 17.5. The first-order valence-corrected chi connectivity index (χ1v) is 8.29. The first-order chi connectivity index (χ1) is 13.5. The number of amides is 1. The van der Waals surface area contributed by atoms with Gasteiger partial charge in [0.2, 0.25) is 0 Å². The Morgan fingerprint density at radius 2 is 1.96 bits per heavy atom. The summed E-state index contributed by atoms with van der Waals surface area (Å²) in [6.07, 6.45) is 3.33. The molecule has 1 amide bonds. The van der Waals surface area contributed by atoms with Gasteiger partial charge in [-0.15, -0.1) is 0 Å². The molecular weight excluding hydrogens is 366 g/mol. The van der Waals surface area contributed by atoms with Gasteiger partial charge in [-0.05, 0) is 30.3 Å². The average molecular weight is 380 g/mol. The molecule has 0 unspecified atom stereocenters. The van der Waals surface area contributed by atoms with Crippen LogP contribution in [0.2, 0.25) is 0 Å². The number of carbonyl (C=O) groups excluding carboxylic acids is 1. The van der Waals surface area contributed by atoms with Crippen LogP contribution in [0.5, 0.6) is 0 Å². The highest BCUT2D eigenvalue weighted by atomic mass is 19.1. The van der Waals surface area contributed by atoms with Crippen molar-refractivity contribution in [2.75, 3.05) is 5.32 Å². The van der Waals surface area contributed by atoms with E-state index in [0.29, 0.717) is 11.6 Å². The van der Waals surface area contributed by atoms with Crippen LogP contribution >= 0.6 is 0 Å². The fourth-order valence-electron chi connectivity index (χ4n) is 2.68. The van der Waals surface area contributed by atoms with E-state index in [2.05, 4.69) is 20.5 Å². The number of aromatic nitrogens is 5. The zero-order valence-electron chi connectivity index (χ0n) is 14.7. The molecule has 0 spiro atoms. The molecule has 3 heterocycles. The Labute approximate surface area is 158 Å². The van der Waals surface area contributed by atoms with E-state index in [1.165, 1.54) is 21.5 Å². The van der Waals surface area contributed by atoms with Crippen molar-refractivity contribution in [3.05, 3.63) is 78.3 Å². The summed E-state index contributed by atoms with van der Waals surface area (Å²) >= 11 is 0. The molecule has 0 atom stereocenters. The third-order valence-electron chi connectivity index (χ3n) is 4.03. The van der Waals surface area contributed by atoms with Crippen molar-refractivity contribution in [3.63, 3.8) is 0 Å². The summed E-state index contributed by atoms with van der Waals surface area (Å²) in [6, 6.07) is 11.5. The fraction of sp³-hybridized carbons (Fsp3) is 0.0526. The number of nitrogens with zero attached hydrogens (tertiary/aromatic N) is 5. The number of nitrogens with one attached hydrogen (secondary N) is 1. The van der Waals surface area contributed by atoms with Crippen LogP contribution in [0.25, 0.3) is 17.1 Å². The molecule has 4 aromatic rings. The van der Waals surface area contributed by atoms with E-state index in [0.717, 1.165) is 12.1 Å². The second kappa shape index (κ2) is 7.03. The van der Waals surface area contributed by atoms with Crippen molar-refractivity contribution in [2.24, 2.45) is 7.05 Å². The first-order valence-electron chi connectivity index (χ1n) is 8.29. The van der Waals surface area contributed by atoms with Crippen molar-refractivity contribution in [3.8, 4) is 17.1 Å². The number of rotatable bonds is 4. The van der Waals surface area contributed by atoms with E-state index in [1.54, 1.807) is 43.7 Å². The van der Waals surface area contributed by atoms with Crippen LogP contribution in [-0.2, 0) is 7.05 Å². The molecule has 0 aliphatic carbocycles. The van der Waals surface area contributed by atoms with Crippen LogP contribution in [0.15, 0.2) is 60.9 Å². The van der Waals surface area contributed by atoms with Gasteiger partial charge in [-0.3, -0.25) is 9.48 Å². The van der Waals surface area contributed by atoms with Gasteiger partial charge in [0, 0.05) is 37.1 Å². The highest BCUT2D eigenvalue weighted by Gasteiger charge is 2.15. The van der Waals surface area contributed by atoms with E-state index in [9.17, 15) is 13.6 Å². The van der Waals surface area contributed by atoms with Crippen LogP contribution in [0, 0.1) is 11.6 Å². The van der Waals surface area contributed by atoms with Crippen molar-refractivity contribution in [1.82, 2.24) is 24.5 Å². The molecule has 0 bridgehead atoms. The van der Waals surface area contributed by atoms with Crippen molar-refractivity contribution in [2.45, 2.75) is 0 Å². The molecule has 0 saturated carbocycles. The summed E-state index contributed by atoms with van der Waals surface area (Å²) in [5, 5.41) is 11.0. The predicted octanol–water partition coefficient (Wildman–Crippen LogP) is 3.20. The van der Waals surface area contributed by atoms with Gasteiger partial charge in [0.1, 0.15) is 23.1 Å². The van der Waals surface area contributed by atoms with Gasteiger partial charge < -0.3 is 5.32 Å². The lowest BCUT2D eigenvalue weighted by Gasteiger charge is -2.06. The Morgan fingerprint density at radius 3 is 2.71 bits per heavy atom. The maximum absolute atomic E-state index is 14.0. The monoisotopic (exact) mass is 380 g/mol. The standard InChI is InChI=1S/C19H14F2N6O/c1-26-18(11-16(25-26)13-7-6-12(20)10-14(13)21)24-19(28)15-4-2-5-17(23-15)27-9-3-8-22-27/h2-11H,1H3,(H,24,28). The van der Waals surface area contributed by atoms with Crippen LogP contribution in [-0.4, -0.2) is 30.5 Å². The minimum Gasteiger partial charge on any atom is -0.305 e. The zero-order valence-corrected chi connectivity index (χ0v) is 14.7.